The predicted octanol–water partition coefficient (Wildman–Crippen LogP) is 0.902. The van der Waals surface area contributed by atoms with Crippen LogP contribution in [0.5, 0.6) is 5.75 Å². The zero-order chi connectivity index (χ0) is 11.5. The molecule has 0 aliphatic carbocycles. The third-order valence-corrected chi connectivity index (χ3v) is 1.85. The molecule has 0 unspecified atom stereocenters. The molecule has 1 amide bonds. The van der Waals surface area contributed by atoms with Crippen LogP contribution in [0.4, 0.5) is 10.1 Å². The lowest BCUT2D eigenvalue weighted by atomic mass is 10.3. The Balaban J connectivity index is 2.15. The molecular weight excluding hydrogens is 215 g/mol. The number of rotatable bonds is 2. The van der Waals surface area contributed by atoms with Gasteiger partial charge in [-0.2, -0.15) is 15.4 Å². The average Bonchev–Trinajstić information content (AvgIpc) is 2.77. The fraction of sp³-hybridized carbons (Fsp3) is 0. The summed E-state index contributed by atoms with van der Waals surface area (Å²) in [6, 6.07) is 3.53. The van der Waals surface area contributed by atoms with Crippen LogP contribution in [0, 0.1) is 5.82 Å². The molecule has 0 saturated carbocycles. The molecule has 0 aliphatic rings. The first-order chi connectivity index (χ1) is 7.66. The number of amides is 1. The lowest BCUT2D eigenvalue weighted by Crippen LogP contribution is -2.12. The molecule has 0 aliphatic heterocycles. The van der Waals surface area contributed by atoms with E-state index in [2.05, 4.69) is 20.7 Å². The smallest absolute Gasteiger partial charge is 0.277 e. The minimum Gasteiger partial charge on any atom is -0.505 e. The molecule has 7 heteroatoms. The predicted molar refractivity (Wildman–Crippen MR) is 52.4 cm³/mol. The van der Waals surface area contributed by atoms with Gasteiger partial charge in [0.15, 0.2) is 17.3 Å². The van der Waals surface area contributed by atoms with Gasteiger partial charge < -0.3 is 10.4 Å². The van der Waals surface area contributed by atoms with Gasteiger partial charge >= 0.3 is 0 Å². The third-order valence-electron chi connectivity index (χ3n) is 1.85. The molecule has 0 radical (unpaired) electrons. The summed E-state index contributed by atoms with van der Waals surface area (Å²) in [6.07, 6.45) is 1.24. The Morgan fingerprint density at radius 3 is 2.94 bits per heavy atom. The fourth-order valence-corrected chi connectivity index (χ4v) is 1.09. The molecule has 6 nitrogen and oxygen atoms in total. The number of halogens is 1. The van der Waals surface area contributed by atoms with Crippen molar-refractivity contribution in [1.82, 2.24) is 15.4 Å². The molecule has 16 heavy (non-hydrogen) atoms. The van der Waals surface area contributed by atoms with Crippen molar-refractivity contribution in [2.75, 3.05) is 5.32 Å². The van der Waals surface area contributed by atoms with E-state index in [0.717, 1.165) is 12.1 Å². The molecule has 0 spiro atoms. The van der Waals surface area contributed by atoms with Crippen LogP contribution in [-0.4, -0.2) is 26.4 Å². The largest absolute Gasteiger partial charge is 0.505 e. The second-order valence-electron chi connectivity index (χ2n) is 2.98. The molecule has 3 N–H and O–H groups in total. The summed E-state index contributed by atoms with van der Waals surface area (Å²) < 4.78 is 12.9. The first kappa shape index (κ1) is 10.1. The summed E-state index contributed by atoms with van der Waals surface area (Å²) in [4.78, 5) is 11.5. The van der Waals surface area contributed by atoms with Gasteiger partial charge in [0, 0.05) is 11.8 Å². The Labute approximate surface area is 89.1 Å². The Hall–Kier alpha value is -2.44. The van der Waals surface area contributed by atoms with E-state index in [1.807, 2.05) is 0 Å². The maximum absolute atomic E-state index is 12.9. The van der Waals surface area contributed by atoms with Crippen LogP contribution < -0.4 is 5.32 Å². The number of phenols is 1. The highest BCUT2D eigenvalue weighted by Gasteiger charge is 2.09. The zero-order valence-corrected chi connectivity index (χ0v) is 7.94. The van der Waals surface area contributed by atoms with Crippen LogP contribution in [0.25, 0.3) is 0 Å². The minimum absolute atomic E-state index is 0.0912. The van der Waals surface area contributed by atoms with E-state index in [-0.39, 0.29) is 11.4 Å². The van der Waals surface area contributed by atoms with E-state index in [0.29, 0.717) is 0 Å². The SMILES string of the molecule is O=C(Nc1ccc(O)c(F)c1)c1cn[nH]n1. The Kier molecular flexibility index (Phi) is 2.50. The van der Waals surface area contributed by atoms with Gasteiger partial charge in [-0.15, -0.1) is 0 Å². The van der Waals surface area contributed by atoms with Crippen molar-refractivity contribution in [3.63, 3.8) is 0 Å². The van der Waals surface area contributed by atoms with Gasteiger partial charge in [-0.25, -0.2) is 4.39 Å². The molecule has 0 saturated heterocycles. The highest BCUT2D eigenvalue weighted by molar-refractivity contribution is 6.02. The minimum atomic E-state index is -0.807. The Morgan fingerprint density at radius 2 is 2.31 bits per heavy atom. The number of carbonyl (C=O) groups excluding carboxylic acids is 1. The van der Waals surface area contributed by atoms with E-state index in [1.165, 1.54) is 12.3 Å². The Morgan fingerprint density at radius 1 is 1.50 bits per heavy atom. The molecule has 0 fully saturated rings. The van der Waals surface area contributed by atoms with Gasteiger partial charge in [0.1, 0.15) is 0 Å². The third kappa shape index (κ3) is 1.97. The monoisotopic (exact) mass is 222 g/mol. The maximum Gasteiger partial charge on any atom is 0.277 e. The van der Waals surface area contributed by atoms with Gasteiger partial charge in [0.25, 0.3) is 5.91 Å². The molecule has 0 atom stereocenters. The van der Waals surface area contributed by atoms with Crippen molar-refractivity contribution in [3.8, 4) is 5.75 Å². The number of anilines is 1. The van der Waals surface area contributed by atoms with Crippen molar-refractivity contribution in [3.05, 3.63) is 35.9 Å². The summed E-state index contributed by atoms with van der Waals surface area (Å²) in [6.45, 7) is 0. The highest BCUT2D eigenvalue weighted by atomic mass is 19.1. The molecule has 1 aromatic carbocycles. The second kappa shape index (κ2) is 3.97. The van der Waals surface area contributed by atoms with E-state index >= 15 is 0 Å². The molecule has 2 rings (SSSR count). The first-order valence-electron chi connectivity index (χ1n) is 4.32. The topological polar surface area (TPSA) is 90.9 Å². The number of benzene rings is 1. The maximum atomic E-state index is 12.9. The van der Waals surface area contributed by atoms with Crippen LogP contribution in [0.3, 0.4) is 0 Å². The normalized spacial score (nSPS) is 10.1. The van der Waals surface area contributed by atoms with Crippen LogP contribution in [-0.2, 0) is 0 Å². The van der Waals surface area contributed by atoms with E-state index in [1.54, 1.807) is 0 Å². The number of nitrogens with zero attached hydrogens (tertiary/aromatic N) is 2. The molecular formula is C9H7FN4O2. The van der Waals surface area contributed by atoms with Crippen LogP contribution >= 0.6 is 0 Å². The average molecular weight is 222 g/mol. The molecule has 1 aromatic heterocycles. The van der Waals surface area contributed by atoms with Crippen molar-refractivity contribution in [2.45, 2.75) is 0 Å². The van der Waals surface area contributed by atoms with Crippen LogP contribution in [0.1, 0.15) is 10.5 Å². The lowest BCUT2D eigenvalue weighted by molar-refractivity contribution is 0.102. The molecule has 82 valence electrons. The second-order valence-corrected chi connectivity index (χ2v) is 2.98. The highest BCUT2D eigenvalue weighted by Crippen LogP contribution is 2.19. The van der Waals surface area contributed by atoms with Gasteiger partial charge in [0.05, 0.1) is 6.20 Å². The molecule has 1 heterocycles. The summed E-state index contributed by atoms with van der Waals surface area (Å²) in [7, 11) is 0. The van der Waals surface area contributed by atoms with Crippen molar-refractivity contribution in [1.29, 1.82) is 0 Å². The number of hydrogen-bond donors (Lipinski definition) is 3. The fourth-order valence-electron chi connectivity index (χ4n) is 1.09. The van der Waals surface area contributed by atoms with Crippen LogP contribution in [0.2, 0.25) is 0 Å². The Bertz CT molecular complexity index is 512. The van der Waals surface area contributed by atoms with Gasteiger partial charge in [0.2, 0.25) is 0 Å². The first-order valence-corrected chi connectivity index (χ1v) is 4.32. The van der Waals surface area contributed by atoms with Crippen molar-refractivity contribution >= 4 is 11.6 Å². The van der Waals surface area contributed by atoms with Crippen LogP contribution in [0.15, 0.2) is 24.4 Å². The van der Waals surface area contributed by atoms with Gasteiger partial charge in [-0.1, -0.05) is 0 Å². The number of aromatic hydroxyl groups is 1. The number of phenolic OH excluding ortho intramolecular Hbond substituents is 1. The van der Waals surface area contributed by atoms with E-state index < -0.39 is 17.5 Å². The lowest BCUT2D eigenvalue weighted by Gasteiger charge is -2.03. The zero-order valence-electron chi connectivity index (χ0n) is 7.94. The number of aromatic nitrogens is 3. The number of carbonyl (C=O) groups is 1. The van der Waals surface area contributed by atoms with E-state index in [9.17, 15) is 9.18 Å². The number of H-pyrrole nitrogens is 1. The van der Waals surface area contributed by atoms with Crippen molar-refractivity contribution in [2.24, 2.45) is 0 Å². The summed E-state index contributed by atoms with van der Waals surface area (Å²) in [5.41, 5.74) is 0.316. The standard InChI is InChI=1S/C9H7FN4O2/c10-6-3-5(1-2-8(6)15)12-9(16)7-4-11-14-13-7/h1-4,15H,(H,12,16)(H,11,13,14). The number of aromatic amines is 1. The van der Waals surface area contributed by atoms with E-state index in [4.69, 9.17) is 5.11 Å². The van der Waals surface area contributed by atoms with Gasteiger partial charge in [-0.05, 0) is 12.1 Å². The molecule has 2 aromatic rings. The van der Waals surface area contributed by atoms with Crippen molar-refractivity contribution < 1.29 is 14.3 Å². The van der Waals surface area contributed by atoms with Gasteiger partial charge in [-0.3, -0.25) is 4.79 Å². The summed E-state index contributed by atoms with van der Waals surface area (Å²) >= 11 is 0. The molecule has 0 bridgehead atoms. The summed E-state index contributed by atoms with van der Waals surface area (Å²) in [5.74, 6) is -1.80. The number of nitrogens with one attached hydrogen (secondary N) is 2. The number of hydrogen-bond acceptors (Lipinski definition) is 4. The quantitative estimate of drug-likeness (QED) is 0.658. The summed E-state index contributed by atoms with van der Waals surface area (Å²) in [5, 5.41) is 20.7.